The number of rotatable bonds is 0. The molecule has 0 saturated heterocycles. The van der Waals surface area contributed by atoms with E-state index >= 15 is 0 Å². The van der Waals surface area contributed by atoms with Gasteiger partial charge in [0.25, 0.3) is 0 Å². The van der Waals surface area contributed by atoms with Gasteiger partial charge in [0.1, 0.15) is 0 Å². The highest BCUT2D eigenvalue weighted by Gasteiger charge is 2.06. The molecule has 0 aromatic rings. The van der Waals surface area contributed by atoms with Crippen LogP contribution in [-0.2, 0) is 0 Å². The first-order chi connectivity index (χ1) is 3.39. The van der Waals surface area contributed by atoms with Crippen LogP contribution in [0.2, 0.25) is 0 Å². The zero-order valence-electron chi connectivity index (χ0n) is 4.69. The average Bonchev–Trinajstić information content (AvgIpc) is 1.69. The Bertz CT molecular complexity index is 50.5. The van der Waals surface area contributed by atoms with Crippen LogP contribution >= 0.6 is 0 Å². The Morgan fingerprint density at radius 1 is 1.00 bits per heavy atom. The van der Waals surface area contributed by atoms with Gasteiger partial charge in [-0.05, 0) is 23.8 Å². The van der Waals surface area contributed by atoms with Gasteiger partial charge < -0.3 is 5.73 Å². The second-order valence-electron chi connectivity index (χ2n) is 2.40. The highest BCUT2D eigenvalue weighted by atomic mass is 28.1. The summed E-state index contributed by atoms with van der Waals surface area (Å²) in [5, 5.41) is 0. The molecular formula is C6H17NSi. The Morgan fingerprint density at radius 2 is 1.50 bits per heavy atom. The quantitative estimate of drug-likeness (QED) is 0.454. The second-order valence-corrected chi connectivity index (χ2v) is 2.40. The van der Waals surface area contributed by atoms with E-state index in [1.54, 1.807) is 0 Å². The lowest BCUT2D eigenvalue weighted by molar-refractivity contribution is 0.441. The van der Waals surface area contributed by atoms with E-state index in [1.165, 1.54) is 32.1 Å². The van der Waals surface area contributed by atoms with Crippen LogP contribution in [0.15, 0.2) is 0 Å². The van der Waals surface area contributed by atoms with Crippen molar-refractivity contribution in [1.82, 2.24) is 0 Å². The Labute approximate surface area is 55.7 Å². The van der Waals surface area contributed by atoms with Crippen molar-refractivity contribution in [3.63, 3.8) is 0 Å². The Morgan fingerprint density at radius 3 is 1.75 bits per heavy atom. The summed E-state index contributed by atoms with van der Waals surface area (Å²) in [5.41, 5.74) is 5.63. The summed E-state index contributed by atoms with van der Waals surface area (Å²) in [6.45, 7) is 0. The van der Waals surface area contributed by atoms with Gasteiger partial charge in [0, 0.05) is 6.04 Å². The molecule has 8 heavy (non-hydrogen) atoms. The fourth-order valence-corrected chi connectivity index (χ4v) is 1.13. The van der Waals surface area contributed by atoms with Crippen molar-refractivity contribution >= 4 is 11.0 Å². The molecule has 1 aliphatic rings. The van der Waals surface area contributed by atoms with E-state index < -0.39 is 0 Å². The van der Waals surface area contributed by atoms with E-state index in [0.29, 0.717) is 6.04 Å². The van der Waals surface area contributed by atoms with Gasteiger partial charge in [0.2, 0.25) is 0 Å². The van der Waals surface area contributed by atoms with Crippen LogP contribution < -0.4 is 5.73 Å². The largest absolute Gasteiger partial charge is 0.328 e. The Kier molecular flexibility index (Phi) is 4.19. The van der Waals surface area contributed by atoms with E-state index in [0.717, 1.165) is 0 Å². The molecule has 0 spiro atoms. The third kappa shape index (κ3) is 2.48. The lowest BCUT2D eigenvalue weighted by Crippen LogP contribution is -2.22. The van der Waals surface area contributed by atoms with Crippen LogP contribution in [0.25, 0.3) is 0 Å². The molecule has 0 aromatic heterocycles. The third-order valence-electron chi connectivity index (χ3n) is 1.65. The molecule has 2 heteroatoms. The van der Waals surface area contributed by atoms with Gasteiger partial charge in [-0.1, -0.05) is 19.3 Å². The zero-order valence-corrected chi connectivity index (χ0v) is 4.69. The first-order valence-corrected chi connectivity index (χ1v) is 3.15. The normalized spacial score (nSPS) is 22.1. The smallest absolute Gasteiger partial charge is 0.00388 e. The first kappa shape index (κ1) is 8.18. The molecule has 1 fully saturated rings. The maximum absolute atomic E-state index is 5.63. The summed E-state index contributed by atoms with van der Waals surface area (Å²) in [6.07, 6.45) is 6.66. The highest BCUT2D eigenvalue weighted by molar-refractivity contribution is 5.75. The number of nitrogens with two attached hydrogens (primary N) is 1. The molecule has 2 N–H and O–H groups in total. The summed E-state index contributed by atoms with van der Waals surface area (Å²) in [7, 11) is 0. The lowest BCUT2D eigenvalue weighted by Gasteiger charge is -2.15. The van der Waals surface area contributed by atoms with Crippen molar-refractivity contribution in [2.24, 2.45) is 5.73 Å². The molecule has 0 radical (unpaired) electrons. The van der Waals surface area contributed by atoms with E-state index in [2.05, 4.69) is 0 Å². The summed E-state index contributed by atoms with van der Waals surface area (Å²) in [6, 6.07) is 0.536. The van der Waals surface area contributed by atoms with Crippen molar-refractivity contribution in [3.8, 4) is 0 Å². The molecule has 50 valence electrons. The summed E-state index contributed by atoms with van der Waals surface area (Å²) >= 11 is 0. The highest BCUT2D eigenvalue weighted by Crippen LogP contribution is 2.14. The molecule has 1 nitrogen and oxygen atoms in total. The maximum atomic E-state index is 5.63. The molecule has 0 unspecified atom stereocenters. The summed E-state index contributed by atoms with van der Waals surface area (Å²) in [5.74, 6) is 0. The first-order valence-electron chi connectivity index (χ1n) is 3.15. The molecule has 0 aliphatic heterocycles. The van der Waals surface area contributed by atoms with Gasteiger partial charge in [0.05, 0.1) is 0 Å². The van der Waals surface area contributed by atoms with Crippen molar-refractivity contribution in [2.45, 2.75) is 38.1 Å². The molecule has 1 saturated carbocycles. The van der Waals surface area contributed by atoms with Gasteiger partial charge in [0.15, 0.2) is 0 Å². The summed E-state index contributed by atoms with van der Waals surface area (Å²) in [4.78, 5) is 0. The van der Waals surface area contributed by atoms with Gasteiger partial charge in [-0.15, -0.1) is 0 Å². The molecule has 0 heterocycles. The molecule has 0 amide bonds. The third-order valence-corrected chi connectivity index (χ3v) is 1.65. The minimum absolute atomic E-state index is 0. The molecule has 0 bridgehead atoms. The van der Waals surface area contributed by atoms with Crippen LogP contribution in [0.5, 0.6) is 0 Å². The topological polar surface area (TPSA) is 26.0 Å². The molecule has 1 aliphatic carbocycles. The van der Waals surface area contributed by atoms with Gasteiger partial charge >= 0.3 is 0 Å². The van der Waals surface area contributed by atoms with Crippen molar-refractivity contribution < 1.29 is 0 Å². The lowest BCUT2D eigenvalue weighted by atomic mass is 9.97. The van der Waals surface area contributed by atoms with Crippen LogP contribution in [0, 0.1) is 0 Å². The zero-order chi connectivity index (χ0) is 5.11. The average molecular weight is 131 g/mol. The predicted octanol–water partition coefficient (Wildman–Crippen LogP) is -0.174. The number of hydrogen-bond acceptors (Lipinski definition) is 1. The Balaban J connectivity index is 0.000000490. The van der Waals surface area contributed by atoms with Gasteiger partial charge in [-0.25, -0.2) is 0 Å². The molecular weight excluding hydrogens is 114 g/mol. The van der Waals surface area contributed by atoms with Crippen molar-refractivity contribution in [1.29, 1.82) is 0 Å². The van der Waals surface area contributed by atoms with E-state index in [9.17, 15) is 0 Å². The van der Waals surface area contributed by atoms with Crippen LogP contribution in [0.1, 0.15) is 32.1 Å². The van der Waals surface area contributed by atoms with E-state index in [1.807, 2.05) is 0 Å². The van der Waals surface area contributed by atoms with Gasteiger partial charge in [-0.2, -0.15) is 0 Å². The van der Waals surface area contributed by atoms with Crippen LogP contribution in [0.4, 0.5) is 0 Å². The molecule has 0 aromatic carbocycles. The maximum Gasteiger partial charge on any atom is 0.00388 e. The fourth-order valence-electron chi connectivity index (χ4n) is 1.13. The summed E-state index contributed by atoms with van der Waals surface area (Å²) < 4.78 is 0. The second kappa shape index (κ2) is 4.10. The van der Waals surface area contributed by atoms with Crippen LogP contribution in [-0.4, -0.2) is 17.0 Å². The Hall–Kier alpha value is 0.177. The standard InChI is InChI=1S/C6H13N.H4Si/c7-6-4-2-1-3-5-6;/h6H,1-5,7H2;1H4. The van der Waals surface area contributed by atoms with E-state index in [4.69, 9.17) is 5.73 Å². The van der Waals surface area contributed by atoms with Crippen molar-refractivity contribution in [3.05, 3.63) is 0 Å². The molecule has 0 atom stereocenters. The molecule has 1 rings (SSSR count). The number of hydrogen-bond donors (Lipinski definition) is 1. The van der Waals surface area contributed by atoms with Crippen LogP contribution in [0.3, 0.4) is 0 Å². The minimum atomic E-state index is 0. The predicted molar refractivity (Wildman–Crippen MR) is 42.4 cm³/mol. The fraction of sp³-hybridized carbons (Fsp3) is 1.00. The van der Waals surface area contributed by atoms with Gasteiger partial charge in [-0.3, -0.25) is 0 Å². The van der Waals surface area contributed by atoms with Crippen molar-refractivity contribution in [2.75, 3.05) is 0 Å². The SMILES string of the molecule is NC1CCCCC1.[SiH4]. The monoisotopic (exact) mass is 131 g/mol. The van der Waals surface area contributed by atoms with E-state index in [-0.39, 0.29) is 11.0 Å². The minimum Gasteiger partial charge on any atom is -0.328 e.